The molecule has 6 N–H and O–H groups in total. The average Bonchev–Trinajstić information content (AvgIpc) is 3.95. The van der Waals surface area contributed by atoms with Gasteiger partial charge in [-0.15, -0.1) is 9.42 Å². The Kier molecular flexibility index (Phi) is 32.3. The molecule has 4 fully saturated rings. The lowest BCUT2D eigenvalue weighted by Gasteiger charge is -2.28. The van der Waals surface area contributed by atoms with Gasteiger partial charge in [0, 0.05) is 74.4 Å². The molecule has 4 heterocycles. The standard InChI is InChI=1S/C19H38NO6P.C8H16O2.C7H13O4P.C6H15N.3CH4O/c1-8-9-10-20-27(21,26-18-12(2)14(4)24-16(18)6)23-11-17-19(22-7)13(3)15(5)25-17;1-5-6(2)10-7(3)8(5)9-4;1-4-5(2)10-6(3)7(4)11-12(8)9;1-4-7(5-2)6-3;3*1-2/h12-19H,8-11H2,1-7H3,(H,20,21);5-8H,1-4H3;4-7H,1-3H3;4-6H2,1-3H3;3*2H,1H3/p+2/i6D;2*3D;;3*2T. The van der Waals surface area contributed by atoms with Crippen molar-refractivity contribution in [2.75, 3.05) is 68.3 Å². The van der Waals surface area contributed by atoms with E-state index in [9.17, 15) is 9.13 Å². The Labute approximate surface area is 387 Å². The molecule has 376 valence electrons. The summed E-state index contributed by atoms with van der Waals surface area (Å²) >= 11 is 0. The van der Waals surface area contributed by atoms with Crippen LogP contribution in [0, 0.1) is 23.7 Å². The van der Waals surface area contributed by atoms with E-state index < -0.39 is 34.3 Å². The molecule has 0 aromatic rings. The van der Waals surface area contributed by atoms with Crippen LogP contribution in [0.3, 0.4) is 0 Å². The van der Waals surface area contributed by atoms with Crippen molar-refractivity contribution < 1.29 is 80.4 Å². The third-order valence-electron chi connectivity index (χ3n) is 11.8. The monoisotopic (exact) mass is 952 g/mol. The number of nitrogens with one attached hydrogen (secondary N) is 2. The Morgan fingerprint density at radius 2 is 1.06 bits per heavy atom. The summed E-state index contributed by atoms with van der Waals surface area (Å²) in [6, 6.07) is 0. The number of aliphatic hydroxyl groups excluding tert-OH is 3. The predicted molar refractivity (Wildman–Crippen MR) is 246 cm³/mol. The zero-order valence-electron chi connectivity index (χ0n) is 47.4. The van der Waals surface area contributed by atoms with Crippen molar-refractivity contribution in [3.8, 4) is 0 Å². The highest BCUT2D eigenvalue weighted by molar-refractivity contribution is 7.51. The number of hydrogen-bond donors (Lipinski definition) is 6. The van der Waals surface area contributed by atoms with Crippen LogP contribution in [0.4, 0.5) is 0 Å². The summed E-state index contributed by atoms with van der Waals surface area (Å²) < 4.78 is 113. The molecule has 62 heavy (non-hydrogen) atoms. The van der Waals surface area contributed by atoms with E-state index >= 15 is 0 Å². The smallest absolute Gasteiger partial charge is 0.400 e. The van der Waals surface area contributed by atoms with E-state index in [0.717, 1.165) is 12.8 Å². The van der Waals surface area contributed by atoms with Crippen LogP contribution in [0.2, 0.25) is 0 Å². The molecule has 0 aliphatic carbocycles. The normalized spacial score (nSPS) is 37.0. The molecule has 18 unspecified atom stereocenters. The minimum atomic E-state index is -3.59. The number of quaternary nitrogens is 1. The molecule has 0 amide bonds. The van der Waals surface area contributed by atoms with Gasteiger partial charge in [-0.25, -0.2) is 9.65 Å². The van der Waals surface area contributed by atoms with Crippen LogP contribution in [0.25, 0.3) is 0 Å². The summed E-state index contributed by atoms with van der Waals surface area (Å²) in [5.41, 5.74) is 0. The van der Waals surface area contributed by atoms with E-state index in [1.54, 1.807) is 19.1 Å². The van der Waals surface area contributed by atoms with Crippen LogP contribution in [-0.2, 0) is 51.1 Å². The number of aliphatic hydroxyl groups is 3. The summed E-state index contributed by atoms with van der Waals surface area (Å²) in [5.74, 6) is 0.718. The van der Waals surface area contributed by atoms with Crippen molar-refractivity contribution in [3.63, 3.8) is 0 Å². The zero-order valence-corrected chi connectivity index (χ0v) is 43.2. The van der Waals surface area contributed by atoms with E-state index in [4.69, 9.17) is 55.3 Å². The van der Waals surface area contributed by atoms with Gasteiger partial charge in [0.05, 0.1) is 87.3 Å². The third kappa shape index (κ3) is 23.0. The van der Waals surface area contributed by atoms with Gasteiger partial charge >= 0.3 is 16.0 Å². The Balaban J connectivity index is -0.000000874. The second-order valence-corrected chi connectivity index (χ2v) is 18.1. The predicted octanol–water partition coefficient (Wildman–Crippen LogP) is 5.43. The summed E-state index contributed by atoms with van der Waals surface area (Å²) in [7, 11) is 1.02. The first-order chi connectivity index (χ1) is 32.1. The van der Waals surface area contributed by atoms with Crippen LogP contribution in [0.15, 0.2) is 0 Å². The Hall–Kier alpha value is -0.270. The Morgan fingerprint density at radius 3 is 1.44 bits per heavy atom. The minimum absolute atomic E-state index is 0.0182. The maximum atomic E-state index is 13.5. The second kappa shape index (κ2) is 36.8. The van der Waals surface area contributed by atoms with Gasteiger partial charge in [-0.2, -0.15) is 0 Å². The topological polar surface area (TPSA) is 215 Å². The molecular formula is C43H96N2O15P2+2. The van der Waals surface area contributed by atoms with Crippen molar-refractivity contribution in [1.82, 2.24) is 5.09 Å². The van der Waals surface area contributed by atoms with E-state index in [0.29, 0.717) is 19.4 Å². The number of hydrogen-bond acceptors (Lipinski definition) is 14. The van der Waals surface area contributed by atoms with Gasteiger partial charge in [0.2, 0.25) is 4.29 Å². The molecule has 4 aliphatic rings. The lowest BCUT2D eigenvalue weighted by atomic mass is 9.99. The molecule has 18 atom stereocenters. The summed E-state index contributed by atoms with van der Waals surface area (Å²) in [5, 5.41) is 13.5. The molecule has 0 aromatic heterocycles. The van der Waals surface area contributed by atoms with Crippen molar-refractivity contribution >= 4 is 16.0 Å². The summed E-state index contributed by atoms with van der Waals surface area (Å²) in [4.78, 5) is 10.3. The average molecular weight is 952 g/mol. The number of unbranched alkanes of at least 4 members (excludes halogenated alkanes) is 1. The number of rotatable bonds is 16. The first-order valence-corrected chi connectivity index (χ1v) is 24.7. The fraction of sp³-hybridized carbons (Fsp3) is 1.00. The molecule has 4 saturated heterocycles. The summed E-state index contributed by atoms with van der Waals surface area (Å²) in [6.07, 6.45) is 0.0328. The lowest BCUT2D eigenvalue weighted by molar-refractivity contribution is -0.894. The fourth-order valence-corrected chi connectivity index (χ4v) is 9.40. The van der Waals surface area contributed by atoms with Crippen LogP contribution in [0.5, 0.6) is 0 Å². The quantitative estimate of drug-likeness (QED) is 0.0840. The van der Waals surface area contributed by atoms with Gasteiger partial charge in [-0.1, -0.05) is 41.0 Å². The highest BCUT2D eigenvalue weighted by Gasteiger charge is 2.46. The van der Waals surface area contributed by atoms with Crippen molar-refractivity contribution in [2.45, 2.75) is 190 Å². The number of ether oxygens (including phenoxy) is 6. The van der Waals surface area contributed by atoms with Gasteiger partial charge in [-0.3, -0.25) is 9.05 Å². The molecule has 0 aromatic carbocycles. The van der Waals surface area contributed by atoms with E-state index in [1.165, 1.54) is 41.0 Å². The maximum Gasteiger partial charge on any atom is 0.695 e. The van der Waals surface area contributed by atoms with Gasteiger partial charge in [0.1, 0.15) is 12.2 Å². The van der Waals surface area contributed by atoms with Gasteiger partial charge < -0.3 is 48.6 Å². The molecular weight excluding hydrogens is 846 g/mol. The molecule has 0 radical (unpaired) electrons. The molecule has 17 nitrogen and oxygen atoms in total. The van der Waals surface area contributed by atoms with E-state index in [2.05, 4.69) is 62.0 Å². The molecule has 0 bridgehead atoms. The van der Waals surface area contributed by atoms with Crippen LogP contribution in [-0.4, -0.2) is 166 Å². The van der Waals surface area contributed by atoms with Crippen LogP contribution in [0.1, 0.15) is 121 Å². The largest absolute Gasteiger partial charge is 0.695 e. The van der Waals surface area contributed by atoms with Crippen LogP contribution >= 0.6 is 16.0 Å². The molecule has 0 spiro atoms. The first-order valence-electron chi connectivity index (χ1n) is 25.3. The highest BCUT2D eigenvalue weighted by Crippen LogP contribution is 2.49. The Morgan fingerprint density at radius 1 is 0.677 bits per heavy atom. The Bertz CT molecular complexity index is 1250. The van der Waals surface area contributed by atoms with Crippen molar-refractivity contribution in [1.29, 1.82) is 4.29 Å². The minimum Gasteiger partial charge on any atom is -0.400 e. The van der Waals surface area contributed by atoms with Gasteiger partial charge in [-0.05, 0) is 75.6 Å². The zero-order chi connectivity index (χ0) is 53.2. The maximum absolute atomic E-state index is 13.5. The molecule has 4 aliphatic heterocycles. The third-order valence-corrected chi connectivity index (χ3v) is 13.9. The highest BCUT2D eigenvalue weighted by atomic mass is 31.2. The van der Waals surface area contributed by atoms with E-state index in [-0.39, 0.29) is 93.1 Å². The second-order valence-electron chi connectivity index (χ2n) is 15.6. The first kappa shape index (κ1) is 54.3. The fourth-order valence-electron chi connectivity index (χ4n) is 7.22. The summed E-state index contributed by atoms with van der Waals surface area (Å²) in [6.45, 7) is 29.5. The van der Waals surface area contributed by atoms with Gasteiger partial charge in [0.25, 0.3) is 0 Å². The van der Waals surface area contributed by atoms with Crippen molar-refractivity contribution in [3.05, 3.63) is 0 Å². The molecule has 0 saturated carbocycles. The SMILES string of the molecule is CC[NH+](CC)CC.[2H]CC1OC(C)C(C)C1OC.[2H]CC1OC(C)C(C)C1OP(=O)(NCCCC)OCC1OC(C)C(C)C1OC.[2H]CC1OC(C)C(C)C1O[P+](=O)O.[3H]OC.[3H]OC.[3H]OC. The lowest BCUT2D eigenvalue weighted by Crippen LogP contribution is -3.11. The van der Waals surface area contributed by atoms with Crippen molar-refractivity contribution in [2.24, 2.45) is 23.7 Å². The molecule has 19 heteroatoms. The van der Waals surface area contributed by atoms with Gasteiger partial charge in [0.15, 0.2) is 0 Å². The molecule has 4 rings (SSSR count). The number of methoxy groups -OCH3 is 2. The van der Waals surface area contributed by atoms with Crippen LogP contribution < -0.4 is 9.99 Å². The van der Waals surface area contributed by atoms with E-state index in [1.807, 2.05) is 41.5 Å².